The van der Waals surface area contributed by atoms with Gasteiger partial charge in [0.25, 0.3) is 0 Å². The monoisotopic (exact) mass is 328 g/mol. The molecule has 1 aliphatic rings. The van der Waals surface area contributed by atoms with Gasteiger partial charge in [-0.05, 0) is 23.4 Å². The third kappa shape index (κ3) is 4.03. The quantitative estimate of drug-likeness (QED) is 0.762. The maximum absolute atomic E-state index is 12.6. The minimum Gasteiger partial charge on any atom is -0.333 e. The fourth-order valence-electron chi connectivity index (χ4n) is 2.73. The Labute approximate surface area is 140 Å². The van der Waals surface area contributed by atoms with Crippen molar-refractivity contribution in [3.63, 3.8) is 0 Å². The maximum atomic E-state index is 12.6. The molecule has 0 N–H and O–H groups in total. The molecule has 120 valence electrons. The van der Waals surface area contributed by atoms with Crippen molar-refractivity contribution < 1.29 is 4.79 Å². The Balaban J connectivity index is 1.62. The molecule has 6 heteroatoms. The molecule has 5 nitrogen and oxygen atoms in total. The second-order valence-electron chi connectivity index (χ2n) is 5.60. The average molecular weight is 328 g/mol. The molecule has 3 heterocycles. The predicted molar refractivity (Wildman–Crippen MR) is 90.9 cm³/mol. The lowest BCUT2D eigenvalue weighted by Crippen LogP contribution is -2.42. The van der Waals surface area contributed by atoms with E-state index in [0.717, 1.165) is 18.7 Å². The number of hydrogen-bond acceptors (Lipinski definition) is 5. The van der Waals surface area contributed by atoms with Crippen molar-refractivity contribution >= 4 is 17.2 Å². The summed E-state index contributed by atoms with van der Waals surface area (Å²) >= 11 is 1.67. The molecule has 2 aromatic rings. The highest BCUT2D eigenvalue weighted by atomic mass is 32.1. The number of hydrogen-bond donors (Lipinski definition) is 0. The molecular weight excluding hydrogens is 308 g/mol. The van der Waals surface area contributed by atoms with Gasteiger partial charge in [-0.1, -0.05) is 12.1 Å². The summed E-state index contributed by atoms with van der Waals surface area (Å²) in [5, 5.41) is 2.03. The number of carbonyl (C=O) groups excluding carboxylic acids is 1. The summed E-state index contributed by atoms with van der Waals surface area (Å²) in [6, 6.07) is 4.07. The molecule has 2 aromatic heterocycles. The van der Waals surface area contributed by atoms with Gasteiger partial charge in [0, 0.05) is 30.7 Å². The summed E-state index contributed by atoms with van der Waals surface area (Å²) in [6.07, 6.45) is 6.13. The lowest BCUT2D eigenvalue weighted by Gasteiger charge is -2.29. The van der Waals surface area contributed by atoms with Crippen molar-refractivity contribution in [1.82, 2.24) is 19.8 Å². The first-order valence-electron chi connectivity index (χ1n) is 7.67. The predicted octanol–water partition coefficient (Wildman–Crippen LogP) is 2.11. The van der Waals surface area contributed by atoms with Gasteiger partial charge in [0.05, 0.1) is 18.8 Å². The van der Waals surface area contributed by atoms with E-state index in [2.05, 4.69) is 27.5 Å². The largest absolute Gasteiger partial charge is 0.333 e. The molecule has 0 aromatic carbocycles. The molecule has 1 aliphatic heterocycles. The van der Waals surface area contributed by atoms with Crippen molar-refractivity contribution in [2.24, 2.45) is 0 Å². The lowest BCUT2D eigenvalue weighted by atomic mass is 10.1. The summed E-state index contributed by atoms with van der Waals surface area (Å²) < 4.78 is 0. The first kappa shape index (κ1) is 15.8. The topological polar surface area (TPSA) is 49.3 Å². The van der Waals surface area contributed by atoms with E-state index < -0.39 is 0 Å². The molecule has 0 saturated heterocycles. The van der Waals surface area contributed by atoms with E-state index in [-0.39, 0.29) is 5.91 Å². The number of aromatic nitrogens is 2. The average Bonchev–Trinajstić information content (AvgIpc) is 3.07. The molecule has 0 saturated carbocycles. The highest BCUT2D eigenvalue weighted by Gasteiger charge is 2.22. The minimum absolute atomic E-state index is 0.135. The van der Waals surface area contributed by atoms with E-state index in [1.807, 2.05) is 22.5 Å². The molecule has 0 atom stereocenters. The number of fused-ring (bicyclic) bond motifs is 1. The standard InChI is InChI=1S/C17H20N4OS/c1-2-6-21(10-15-4-3-8-23-15)17(22)12-20-7-5-14-9-18-13-19-16(14)11-20/h2-4,8-9,13H,1,5-7,10-12H2. The van der Waals surface area contributed by atoms with Gasteiger partial charge >= 0.3 is 0 Å². The molecule has 0 fully saturated rings. The van der Waals surface area contributed by atoms with Gasteiger partial charge in [0.2, 0.25) is 5.91 Å². The summed E-state index contributed by atoms with van der Waals surface area (Å²) in [4.78, 5) is 26.2. The van der Waals surface area contributed by atoms with Crippen LogP contribution in [0.3, 0.4) is 0 Å². The summed E-state index contributed by atoms with van der Waals surface area (Å²) in [5.74, 6) is 0.135. The number of thiophene rings is 1. The lowest BCUT2D eigenvalue weighted by molar-refractivity contribution is -0.132. The van der Waals surface area contributed by atoms with E-state index in [4.69, 9.17) is 0 Å². The fraction of sp³-hybridized carbons (Fsp3) is 0.353. The second-order valence-corrected chi connectivity index (χ2v) is 6.63. The molecule has 0 spiro atoms. The summed E-state index contributed by atoms with van der Waals surface area (Å²) in [7, 11) is 0. The van der Waals surface area contributed by atoms with Crippen molar-refractivity contribution in [2.75, 3.05) is 19.6 Å². The minimum atomic E-state index is 0.135. The Bertz CT molecular complexity index is 671. The molecule has 0 aliphatic carbocycles. The van der Waals surface area contributed by atoms with Crippen LogP contribution in [0, 0.1) is 0 Å². The number of amides is 1. The maximum Gasteiger partial charge on any atom is 0.237 e. The summed E-state index contributed by atoms with van der Waals surface area (Å²) in [6.45, 7) is 6.99. The van der Waals surface area contributed by atoms with Crippen LogP contribution in [0.4, 0.5) is 0 Å². The van der Waals surface area contributed by atoms with Crippen molar-refractivity contribution in [3.05, 3.63) is 58.8 Å². The molecule has 0 radical (unpaired) electrons. The summed E-state index contributed by atoms with van der Waals surface area (Å²) in [5.41, 5.74) is 2.23. The van der Waals surface area contributed by atoms with Crippen molar-refractivity contribution in [2.45, 2.75) is 19.5 Å². The Morgan fingerprint density at radius 3 is 3.22 bits per heavy atom. The van der Waals surface area contributed by atoms with E-state index in [1.54, 1.807) is 23.7 Å². The normalized spacial score (nSPS) is 14.3. The van der Waals surface area contributed by atoms with Crippen LogP contribution in [0.15, 0.2) is 42.7 Å². The van der Waals surface area contributed by atoms with Gasteiger partial charge in [-0.15, -0.1) is 17.9 Å². The van der Waals surface area contributed by atoms with Gasteiger partial charge < -0.3 is 4.90 Å². The van der Waals surface area contributed by atoms with E-state index in [0.29, 0.717) is 26.2 Å². The van der Waals surface area contributed by atoms with Crippen LogP contribution in [-0.2, 0) is 24.3 Å². The zero-order valence-electron chi connectivity index (χ0n) is 13.0. The molecule has 1 amide bonds. The highest BCUT2D eigenvalue weighted by molar-refractivity contribution is 7.09. The number of carbonyl (C=O) groups is 1. The Hall–Kier alpha value is -2.05. The van der Waals surface area contributed by atoms with E-state index in [1.165, 1.54) is 10.4 Å². The highest BCUT2D eigenvalue weighted by Crippen LogP contribution is 2.16. The smallest absolute Gasteiger partial charge is 0.237 e. The third-order valence-electron chi connectivity index (χ3n) is 3.94. The van der Waals surface area contributed by atoms with Crippen LogP contribution in [0.1, 0.15) is 16.1 Å². The van der Waals surface area contributed by atoms with Crippen LogP contribution in [0.2, 0.25) is 0 Å². The van der Waals surface area contributed by atoms with E-state index in [9.17, 15) is 4.79 Å². The van der Waals surface area contributed by atoms with Crippen molar-refractivity contribution in [1.29, 1.82) is 0 Å². The SMILES string of the molecule is C=CCN(Cc1cccs1)C(=O)CN1CCc2cncnc2C1. The second kappa shape index (κ2) is 7.48. The molecule has 3 rings (SSSR count). The van der Waals surface area contributed by atoms with E-state index >= 15 is 0 Å². The van der Waals surface area contributed by atoms with Gasteiger partial charge in [0.1, 0.15) is 6.33 Å². The zero-order valence-corrected chi connectivity index (χ0v) is 13.8. The Morgan fingerprint density at radius 2 is 2.43 bits per heavy atom. The van der Waals surface area contributed by atoms with Crippen LogP contribution >= 0.6 is 11.3 Å². The van der Waals surface area contributed by atoms with Crippen LogP contribution in [-0.4, -0.2) is 45.3 Å². The number of rotatable bonds is 6. The Morgan fingerprint density at radius 1 is 1.52 bits per heavy atom. The zero-order chi connectivity index (χ0) is 16.1. The van der Waals surface area contributed by atoms with Gasteiger partial charge in [-0.2, -0.15) is 0 Å². The van der Waals surface area contributed by atoms with Crippen molar-refractivity contribution in [3.8, 4) is 0 Å². The molecule has 23 heavy (non-hydrogen) atoms. The van der Waals surface area contributed by atoms with Gasteiger partial charge in [0.15, 0.2) is 0 Å². The first-order valence-corrected chi connectivity index (χ1v) is 8.55. The van der Waals surface area contributed by atoms with Crippen LogP contribution < -0.4 is 0 Å². The first-order chi connectivity index (χ1) is 11.3. The fourth-order valence-corrected chi connectivity index (χ4v) is 3.45. The van der Waals surface area contributed by atoms with Crippen LogP contribution in [0.5, 0.6) is 0 Å². The third-order valence-corrected chi connectivity index (χ3v) is 4.80. The van der Waals surface area contributed by atoms with Crippen LogP contribution in [0.25, 0.3) is 0 Å². The van der Waals surface area contributed by atoms with Gasteiger partial charge in [-0.3, -0.25) is 9.69 Å². The molecular formula is C17H20N4OS. The molecule has 0 bridgehead atoms. The van der Waals surface area contributed by atoms with Gasteiger partial charge in [-0.25, -0.2) is 9.97 Å². The molecule has 0 unspecified atom stereocenters. The number of nitrogens with zero attached hydrogens (tertiary/aromatic N) is 4. The Kier molecular flexibility index (Phi) is 5.15.